The van der Waals surface area contributed by atoms with Gasteiger partial charge in [-0.2, -0.15) is 18.3 Å². The molecule has 0 aliphatic carbocycles. The molecule has 0 saturated heterocycles. The maximum atomic E-state index is 13.5. The Kier molecular flexibility index (Phi) is 5.78. The second-order valence-corrected chi connectivity index (χ2v) is 8.07. The largest absolute Gasteiger partial charge is 0.478 e. The lowest BCUT2D eigenvalue weighted by molar-refractivity contribution is -0.137. The highest BCUT2D eigenvalue weighted by Gasteiger charge is 2.31. The normalized spacial score (nSPS) is 11.8. The first kappa shape index (κ1) is 21.7. The van der Waals surface area contributed by atoms with Crippen LogP contribution in [0.3, 0.4) is 0 Å². The first-order valence-electron chi connectivity index (χ1n) is 9.47. The highest BCUT2D eigenvalue weighted by molar-refractivity contribution is 7.09. The molecular weight excluding hydrogens is 445 g/mol. The summed E-state index contributed by atoms with van der Waals surface area (Å²) in [6.45, 7) is 1.97. The van der Waals surface area contributed by atoms with Crippen LogP contribution in [0.4, 0.5) is 13.2 Å². The predicted octanol–water partition coefficient (Wildman–Crippen LogP) is 3.98. The number of nitrogens with one attached hydrogen (secondary N) is 1. The maximum absolute atomic E-state index is 13.5. The molecule has 2 N–H and O–H groups in total. The van der Waals surface area contributed by atoms with E-state index in [0.717, 1.165) is 12.1 Å². The number of H-pyrrole nitrogens is 1. The third-order valence-electron chi connectivity index (χ3n) is 4.64. The van der Waals surface area contributed by atoms with Crippen LogP contribution in [0.1, 0.15) is 38.1 Å². The summed E-state index contributed by atoms with van der Waals surface area (Å²) in [5, 5.41) is 23.0. The standard InChI is InChI=1S/C20H17F3N6O2S/c1-11-25-17(28-27-11)3-2-12-4-13(6-15(5-12)20(21,22)23)16-10-32-18(26-16)9-29-8-14(7-24-29)19(30)31/h4-8,10H,2-3,9H2,1H3,(H,30,31)(H,25,27,28). The number of thiazole rings is 1. The van der Waals surface area contributed by atoms with Gasteiger partial charge in [0.15, 0.2) is 0 Å². The van der Waals surface area contributed by atoms with Crippen molar-refractivity contribution in [1.82, 2.24) is 29.9 Å². The highest BCUT2D eigenvalue weighted by atomic mass is 32.1. The zero-order valence-corrected chi connectivity index (χ0v) is 17.5. The lowest BCUT2D eigenvalue weighted by Crippen LogP contribution is -2.07. The van der Waals surface area contributed by atoms with Gasteiger partial charge in [-0.3, -0.25) is 4.68 Å². The summed E-state index contributed by atoms with van der Waals surface area (Å²) >= 11 is 1.27. The Labute approximate surface area is 183 Å². The molecule has 0 atom stereocenters. The third kappa shape index (κ3) is 5.02. The van der Waals surface area contributed by atoms with Crippen LogP contribution in [0.25, 0.3) is 11.3 Å². The topological polar surface area (TPSA) is 110 Å². The van der Waals surface area contributed by atoms with Crippen molar-refractivity contribution in [2.24, 2.45) is 0 Å². The SMILES string of the molecule is Cc1nnc(CCc2cc(-c3csc(Cn4cc(C(=O)O)cn4)n3)cc(C(F)(F)F)c2)[nH]1. The smallest absolute Gasteiger partial charge is 0.416 e. The summed E-state index contributed by atoms with van der Waals surface area (Å²) < 4.78 is 41.9. The summed E-state index contributed by atoms with van der Waals surface area (Å²) in [6.07, 6.45) is -1.11. The number of hydrogen-bond donors (Lipinski definition) is 2. The van der Waals surface area contributed by atoms with Gasteiger partial charge in [0.2, 0.25) is 0 Å². The van der Waals surface area contributed by atoms with E-state index in [1.165, 1.54) is 28.4 Å². The molecule has 1 aromatic carbocycles. The van der Waals surface area contributed by atoms with Crippen LogP contribution in [-0.2, 0) is 25.6 Å². The number of benzene rings is 1. The number of carbonyl (C=O) groups is 1. The van der Waals surface area contributed by atoms with E-state index in [4.69, 9.17) is 5.11 Å². The van der Waals surface area contributed by atoms with Crippen molar-refractivity contribution >= 4 is 17.3 Å². The zero-order valence-electron chi connectivity index (χ0n) is 16.7. The monoisotopic (exact) mass is 462 g/mol. The van der Waals surface area contributed by atoms with Gasteiger partial charge in [-0.15, -0.1) is 21.5 Å². The lowest BCUT2D eigenvalue weighted by atomic mass is 10.0. The van der Waals surface area contributed by atoms with Gasteiger partial charge in [0.05, 0.1) is 29.6 Å². The van der Waals surface area contributed by atoms with E-state index in [1.54, 1.807) is 18.4 Å². The van der Waals surface area contributed by atoms with Crippen molar-refractivity contribution in [2.75, 3.05) is 0 Å². The zero-order chi connectivity index (χ0) is 22.9. The molecule has 3 aromatic heterocycles. The van der Waals surface area contributed by atoms with Crippen molar-refractivity contribution in [2.45, 2.75) is 32.5 Å². The Balaban J connectivity index is 1.58. The lowest BCUT2D eigenvalue weighted by Gasteiger charge is -2.11. The molecule has 12 heteroatoms. The summed E-state index contributed by atoms with van der Waals surface area (Å²) in [4.78, 5) is 18.4. The molecule has 0 fully saturated rings. The summed E-state index contributed by atoms with van der Waals surface area (Å²) in [6, 6.07) is 3.91. The molecule has 166 valence electrons. The molecule has 8 nitrogen and oxygen atoms in total. The molecule has 4 rings (SSSR count). The van der Waals surface area contributed by atoms with Crippen molar-refractivity contribution in [3.8, 4) is 11.3 Å². The number of carboxylic acids is 1. The van der Waals surface area contributed by atoms with E-state index in [0.29, 0.717) is 46.3 Å². The second-order valence-electron chi connectivity index (χ2n) is 7.13. The van der Waals surface area contributed by atoms with E-state index >= 15 is 0 Å². The molecule has 0 unspecified atom stereocenters. The van der Waals surface area contributed by atoms with Crippen LogP contribution in [0, 0.1) is 6.92 Å². The number of halogens is 3. The van der Waals surface area contributed by atoms with Gasteiger partial charge in [-0.25, -0.2) is 9.78 Å². The number of carboxylic acid groups (broad SMARTS) is 1. The molecular formula is C20H17F3N6O2S. The van der Waals surface area contributed by atoms with Crippen molar-refractivity contribution in [1.29, 1.82) is 0 Å². The van der Waals surface area contributed by atoms with Crippen LogP contribution in [0.15, 0.2) is 36.0 Å². The Morgan fingerprint density at radius 3 is 2.69 bits per heavy atom. The van der Waals surface area contributed by atoms with Gasteiger partial charge in [0.1, 0.15) is 16.7 Å². The van der Waals surface area contributed by atoms with Gasteiger partial charge in [-0.1, -0.05) is 0 Å². The summed E-state index contributed by atoms with van der Waals surface area (Å²) in [5.41, 5.74) is 0.588. The van der Waals surface area contributed by atoms with Crippen LogP contribution in [0.2, 0.25) is 0 Å². The van der Waals surface area contributed by atoms with Crippen LogP contribution >= 0.6 is 11.3 Å². The fourth-order valence-corrected chi connectivity index (χ4v) is 3.93. The quantitative estimate of drug-likeness (QED) is 0.430. The highest BCUT2D eigenvalue weighted by Crippen LogP contribution is 2.34. The minimum Gasteiger partial charge on any atom is -0.478 e. The van der Waals surface area contributed by atoms with E-state index in [-0.39, 0.29) is 12.1 Å². The van der Waals surface area contributed by atoms with Gasteiger partial charge in [0, 0.05) is 23.6 Å². The van der Waals surface area contributed by atoms with Gasteiger partial charge < -0.3 is 10.1 Å². The number of aromatic carboxylic acids is 1. The molecule has 0 aliphatic rings. The van der Waals surface area contributed by atoms with Gasteiger partial charge in [-0.05, 0) is 37.1 Å². The third-order valence-corrected chi connectivity index (χ3v) is 5.48. The van der Waals surface area contributed by atoms with Gasteiger partial charge in [0.25, 0.3) is 0 Å². The van der Waals surface area contributed by atoms with Crippen LogP contribution in [-0.4, -0.2) is 41.0 Å². The Hall–Kier alpha value is -3.54. The minimum atomic E-state index is -4.49. The molecule has 0 aliphatic heterocycles. The van der Waals surface area contributed by atoms with Crippen molar-refractivity contribution in [3.05, 3.63) is 69.3 Å². The van der Waals surface area contributed by atoms with E-state index < -0.39 is 17.7 Å². The molecule has 32 heavy (non-hydrogen) atoms. The number of hydrogen-bond acceptors (Lipinski definition) is 6. The van der Waals surface area contributed by atoms with Crippen LogP contribution in [0.5, 0.6) is 0 Å². The second kappa shape index (κ2) is 8.54. The van der Waals surface area contributed by atoms with E-state index in [2.05, 4.69) is 25.3 Å². The summed E-state index contributed by atoms with van der Waals surface area (Å²) in [7, 11) is 0. The van der Waals surface area contributed by atoms with Crippen molar-refractivity contribution in [3.63, 3.8) is 0 Å². The summed E-state index contributed by atoms with van der Waals surface area (Å²) in [5.74, 6) is 0.165. The molecule has 0 amide bonds. The molecule has 4 aromatic rings. The van der Waals surface area contributed by atoms with Gasteiger partial charge >= 0.3 is 12.1 Å². The Bertz CT molecular complexity index is 1260. The minimum absolute atomic E-state index is 0.0475. The number of aromatic amines is 1. The molecule has 0 radical (unpaired) electrons. The average Bonchev–Trinajstić information content (AvgIpc) is 3.47. The molecule has 0 saturated carbocycles. The first-order chi connectivity index (χ1) is 15.2. The first-order valence-corrected chi connectivity index (χ1v) is 10.3. The van der Waals surface area contributed by atoms with Crippen LogP contribution < -0.4 is 0 Å². The maximum Gasteiger partial charge on any atom is 0.416 e. The fourth-order valence-electron chi connectivity index (χ4n) is 3.13. The molecule has 0 spiro atoms. The number of rotatable bonds is 7. The molecule has 0 bridgehead atoms. The predicted molar refractivity (Wildman–Crippen MR) is 109 cm³/mol. The fraction of sp³-hybridized carbons (Fsp3) is 0.250. The van der Waals surface area contributed by atoms with Crippen molar-refractivity contribution < 1.29 is 23.1 Å². The average molecular weight is 462 g/mol. The number of alkyl halides is 3. The Morgan fingerprint density at radius 1 is 1.22 bits per heavy atom. The number of aromatic nitrogens is 6. The molecule has 3 heterocycles. The van der Waals surface area contributed by atoms with E-state index in [9.17, 15) is 18.0 Å². The Morgan fingerprint density at radius 2 is 2.03 bits per heavy atom. The van der Waals surface area contributed by atoms with E-state index in [1.807, 2.05) is 0 Å². The number of nitrogens with zero attached hydrogens (tertiary/aromatic N) is 5. The number of aryl methyl sites for hydroxylation is 3.